The summed E-state index contributed by atoms with van der Waals surface area (Å²) < 4.78 is 5.11. The number of nitrogens with one attached hydrogen (secondary N) is 1. The number of amides is 1. The van der Waals surface area contributed by atoms with Crippen molar-refractivity contribution in [3.05, 3.63) is 96.1 Å². The number of carboxylic acid groups (broad SMARTS) is 1. The SMILES string of the molecule is O=C(C[C@H](NC(=O)c1ccc(-c2ccccc2)cc1)C(=O)O)OCc1ccccc1. The standard InChI is InChI=1S/C24H21NO5/c26-22(30-16-17-7-3-1-4-8-17)15-21(24(28)29)25-23(27)20-13-11-19(12-14-20)18-9-5-2-6-10-18/h1-14,21H,15-16H2,(H,25,27)(H,28,29)/t21-/m0/s1. The third-order valence-corrected chi connectivity index (χ3v) is 4.47. The molecule has 1 amide bonds. The lowest BCUT2D eigenvalue weighted by molar-refractivity contribution is -0.150. The van der Waals surface area contributed by atoms with Crippen molar-refractivity contribution in [3.63, 3.8) is 0 Å². The third-order valence-electron chi connectivity index (χ3n) is 4.47. The van der Waals surface area contributed by atoms with Gasteiger partial charge in [0.2, 0.25) is 0 Å². The van der Waals surface area contributed by atoms with Crippen LogP contribution in [0.5, 0.6) is 0 Å². The zero-order valence-corrected chi connectivity index (χ0v) is 16.2. The normalized spacial score (nSPS) is 11.3. The average Bonchev–Trinajstić information content (AvgIpc) is 2.78. The Morgan fingerprint density at radius 3 is 1.97 bits per heavy atom. The molecule has 0 bridgehead atoms. The molecule has 0 fully saturated rings. The molecule has 2 N–H and O–H groups in total. The largest absolute Gasteiger partial charge is 0.480 e. The average molecular weight is 403 g/mol. The monoisotopic (exact) mass is 403 g/mol. The van der Waals surface area contributed by atoms with Gasteiger partial charge < -0.3 is 15.2 Å². The molecule has 6 nitrogen and oxygen atoms in total. The molecular formula is C24H21NO5. The van der Waals surface area contributed by atoms with Gasteiger partial charge in [0.15, 0.2) is 0 Å². The van der Waals surface area contributed by atoms with E-state index in [1.807, 2.05) is 48.5 Å². The van der Waals surface area contributed by atoms with Gasteiger partial charge in [-0.2, -0.15) is 0 Å². The summed E-state index contributed by atoms with van der Waals surface area (Å²) in [6, 6.07) is 24.1. The van der Waals surface area contributed by atoms with Crippen molar-refractivity contribution in [2.45, 2.75) is 19.1 Å². The Hall–Kier alpha value is -3.93. The molecule has 152 valence electrons. The predicted octanol–water partition coefficient (Wildman–Crippen LogP) is 3.67. The number of carbonyl (C=O) groups excluding carboxylic acids is 2. The molecule has 30 heavy (non-hydrogen) atoms. The van der Waals surface area contributed by atoms with Crippen LogP contribution in [0.2, 0.25) is 0 Å². The van der Waals surface area contributed by atoms with Crippen LogP contribution in [0.3, 0.4) is 0 Å². The summed E-state index contributed by atoms with van der Waals surface area (Å²) in [4.78, 5) is 35.9. The quantitative estimate of drug-likeness (QED) is 0.560. The van der Waals surface area contributed by atoms with Crippen LogP contribution in [0, 0.1) is 0 Å². The first-order valence-electron chi connectivity index (χ1n) is 9.41. The Kier molecular flexibility index (Phi) is 6.95. The van der Waals surface area contributed by atoms with E-state index in [0.717, 1.165) is 16.7 Å². The van der Waals surface area contributed by atoms with E-state index in [-0.39, 0.29) is 6.61 Å². The summed E-state index contributed by atoms with van der Waals surface area (Å²) in [5.74, 6) is -2.58. The maximum absolute atomic E-state index is 12.4. The Morgan fingerprint density at radius 1 is 0.800 bits per heavy atom. The van der Waals surface area contributed by atoms with Crippen molar-refractivity contribution in [1.82, 2.24) is 5.32 Å². The number of carbonyl (C=O) groups is 3. The van der Waals surface area contributed by atoms with E-state index >= 15 is 0 Å². The van der Waals surface area contributed by atoms with E-state index in [1.54, 1.807) is 36.4 Å². The molecule has 1 atom stereocenters. The number of ether oxygens (including phenoxy) is 1. The highest BCUT2D eigenvalue weighted by Crippen LogP contribution is 2.19. The first kappa shape index (κ1) is 20.8. The summed E-state index contributed by atoms with van der Waals surface area (Å²) in [5, 5.41) is 11.8. The summed E-state index contributed by atoms with van der Waals surface area (Å²) in [5.41, 5.74) is 3.04. The number of benzene rings is 3. The second-order valence-corrected chi connectivity index (χ2v) is 6.66. The Morgan fingerprint density at radius 2 is 1.37 bits per heavy atom. The summed E-state index contributed by atoms with van der Waals surface area (Å²) in [6.45, 7) is 0.0426. The van der Waals surface area contributed by atoms with Gasteiger partial charge in [0.25, 0.3) is 5.91 Å². The highest BCUT2D eigenvalue weighted by molar-refractivity contribution is 5.97. The molecule has 0 heterocycles. The summed E-state index contributed by atoms with van der Waals surface area (Å²) >= 11 is 0. The van der Waals surface area contributed by atoms with Crippen LogP contribution in [0.4, 0.5) is 0 Å². The molecule has 0 radical (unpaired) electrons. The van der Waals surface area contributed by atoms with Crippen LogP contribution in [0.1, 0.15) is 22.3 Å². The van der Waals surface area contributed by atoms with Gasteiger partial charge in [-0.15, -0.1) is 0 Å². The van der Waals surface area contributed by atoms with Crippen LogP contribution in [0.25, 0.3) is 11.1 Å². The minimum absolute atomic E-state index is 0.0426. The van der Waals surface area contributed by atoms with E-state index in [0.29, 0.717) is 5.56 Å². The molecule has 3 aromatic carbocycles. The molecule has 6 heteroatoms. The lowest BCUT2D eigenvalue weighted by atomic mass is 10.0. The van der Waals surface area contributed by atoms with E-state index in [9.17, 15) is 19.5 Å². The number of aliphatic carboxylic acids is 1. The van der Waals surface area contributed by atoms with E-state index in [1.165, 1.54) is 0 Å². The highest BCUT2D eigenvalue weighted by Gasteiger charge is 2.24. The molecule has 0 aliphatic rings. The van der Waals surface area contributed by atoms with Gasteiger partial charge >= 0.3 is 11.9 Å². The Balaban J connectivity index is 1.58. The van der Waals surface area contributed by atoms with Gasteiger partial charge in [0.1, 0.15) is 12.6 Å². The van der Waals surface area contributed by atoms with Crippen molar-refractivity contribution in [2.75, 3.05) is 0 Å². The Labute approximate surface area is 174 Å². The van der Waals surface area contributed by atoms with E-state index in [4.69, 9.17) is 4.74 Å². The maximum Gasteiger partial charge on any atom is 0.326 e. The fourth-order valence-corrected chi connectivity index (χ4v) is 2.85. The number of hydrogen-bond donors (Lipinski definition) is 2. The topological polar surface area (TPSA) is 92.7 Å². The fraction of sp³-hybridized carbons (Fsp3) is 0.125. The molecule has 0 aliphatic heterocycles. The van der Waals surface area contributed by atoms with Gasteiger partial charge in [-0.05, 0) is 28.8 Å². The lowest BCUT2D eigenvalue weighted by Gasteiger charge is -2.14. The lowest BCUT2D eigenvalue weighted by Crippen LogP contribution is -2.42. The van der Waals surface area contributed by atoms with Gasteiger partial charge in [-0.25, -0.2) is 4.79 Å². The number of esters is 1. The van der Waals surface area contributed by atoms with Crippen molar-refractivity contribution in [1.29, 1.82) is 0 Å². The minimum Gasteiger partial charge on any atom is -0.480 e. The van der Waals surface area contributed by atoms with Crippen molar-refractivity contribution < 1.29 is 24.2 Å². The van der Waals surface area contributed by atoms with Crippen molar-refractivity contribution in [2.24, 2.45) is 0 Å². The molecular weight excluding hydrogens is 382 g/mol. The number of carboxylic acids is 1. The van der Waals surface area contributed by atoms with Crippen molar-refractivity contribution >= 4 is 17.8 Å². The summed E-state index contributed by atoms with van der Waals surface area (Å²) in [7, 11) is 0. The highest BCUT2D eigenvalue weighted by atomic mass is 16.5. The summed E-state index contributed by atoms with van der Waals surface area (Å²) in [6.07, 6.45) is -0.462. The van der Waals surface area contributed by atoms with Gasteiger partial charge in [0.05, 0.1) is 6.42 Å². The van der Waals surface area contributed by atoms with Gasteiger partial charge in [-0.3, -0.25) is 9.59 Å². The minimum atomic E-state index is -1.38. The second kappa shape index (κ2) is 10.0. The first-order chi connectivity index (χ1) is 14.5. The zero-order valence-electron chi connectivity index (χ0n) is 16.2. The van der Waals surface area contributed by atoms with Gasteiger partial charge in [0, 0.05) is 5.56 Å². The van der Waals surface area contributed by atoms with Crippen LogP contribution in [0.15, 0.2) is 84.9 Å². The molecule has 0 unspecified atom stereocenters. The van der Waals surface area contributed by atoms with E-state index in [2.05, 4.69) is 5.32 Å². The third kappa shape index (κ3) is 5.78. The van der Waals surface area contributed by atoms with Crippen LogP contribution in [-0.4, -0.2) is 29.0 Å². The Bertz CT molecular complexity index is 1000. The predicted molar refractivity (Wildman–Crippen MR) is 112 cm³/mol. The fourth-order valence-electron chi connectivity index (χ4n) is 2.85. The van der Waals surface area contributed by atoms with Crippen LogP contribution < -0.4 is 5.32 Å². The van der Waals surface area contributed by atoms with Crippen LogP contribution >= 0.6 is 0 Å². The molecule has 0 saturated carbocycles. The van der Waals surface area contributed by atoms with Crippen LogP contribution in [-0.2, 0) is 20.9 Å². The molecule has 0 aromatic heterocycles. The first-order valence-corrected chi connectivity index (χ1v) is 9.41. The smallest absolute Gasteiger partial charge is 0.326 e. The molecule has 0 saturated heterocycles. The van der Waals surface area contributed by atoms with Gasteiger partial charge in [-0.1, -0.05) is 72.8 Å². The zero-order chi connectivity index (χ0) is 21.3. The maximum atomic E-state index is 12.4. The molecule has 0 aliphatic carbocycles. The molecule has 0 spiro atoms. The second-order valence-electron chi connectivity index (χ2n) is 6.66. The van der Waals surface area contributed by atoms with E-state index < -0.39 is 30.3 Å². The number of hydrogen-bond acceptors (Lipinski definition) is 4. The molecule has 3 rings (SSSR count). The number of rotatable bonds is 8. The molecule has 3 aromatic rings. The van der Waals surface area contributed by atoms with Crippen molar-refractivity contribution in [3.8, 4) is 11.1 Å².